The Balaban J connectivity index is 2.03. The first-order chi connectivity index (χ1) is 17.1. The summed E-state index contributed by atoms with van der Waals surface area (Å²) in [6.45, 7) is -0.459. The van der Waals surface area contributed by atoms with Crippen molar-refractivity contribution in [3.8, 4) is 0 Å². The number of halogens is 2. The lowest BCUT2D eigenvalue weighted by Crippen LogP contribution is -2.52. The van der Waals surface area contributed by atoms with E-state index in [0.29, 0.717) is 21.3 Å². The van der Waals surface area contributed by atoms with Gasteiger partial charge >= 0.3 is 0 Å². The molecule has 36 heavy (non-hydrogen) atoms. The number of sulfonamides is 1. The van der Waals surface area contributed by atoms with Gasteiger partial charge in [0.1, 0.15) is 12.6 Å². The molecule has 0 radical (unpaired) electrons. The van der Waals surface area contributed by atoms with Crippen molar-refractivity contribution in [3.05, 3.63) is 100 Å². The third-order valence-corrected chi connectivity index (χ3v) is 7.46. The van der Waals surface area contributed by atoms with Gasteiger partial charge in [0.05, 0.1) is 22.0 Å². The van der Waals surface area contributed by atoms with Crippen LogP contribution in [0.3, 0.4) is 0 Å². The van der Waals surface area contributed by atoms with Crippen molar-refractivity contribution in [1.82, 2.24) is 10.2 Å². The van der Waals surface area contributed by atoms with Crippen molar-refractivity contribution < 1.29 is 18.0 Å². The number of benzene rings is 3. The average Bonchev–Trinajstić information content (AvgIpc) is 2.86. The molecule has 0 saturated heterocycles. The molecule has 2 amide bonds. The first-order valence-corrected chi connectivity index (χ1v) is 13.7. The number of carbonyl (C=O) groups is 2. The van der Waals surface area contributed by atoms with E-state index < -0.39 is 28.5 Å². The minimum Gasteiger partial charge on any atom is -0.357 e. The minimum atomic E-state index is -3.80. The molecule has 0 aliphatic rings. The Hall–Kier alpha value is -3.07. The molecule has 0 bridgehead atoms. The third-order valence-electron chi connectivity index (χ3n) is 5.58. The average molecular weight is 548 g/mol. The van der Waals surface area contributed by atoms with Crippen molar-refractivity contribution in [2.45, 2.75) is 19.0 Å². The van der Waals surface area contributed by atoms with Gasteiger partial charge in [-0.05, 0) is 35.4 Å². The molecule has 0 aromatic heterocycles. The Bertz CT molecular complexity index is 1310. The van der Waals surface area contributed by atoms with E-state index in [1.165, 1.54) is 11.9 Å². The quantitative estimate of drug-likeness (QED) is 0.413. The highest BCUT2D eigenvalue weighted by molar-refractivity contribution is 7.92. The van der Waals surface area contributed by atoms with Crippen molar-refractivity contribution in [3.63, 3.8) is 0 Å². The van der Waals surface area contributed by atoms with Crippen LogP contribution in [0.5, 0.6) is 0 Å². The molecule has 10 heteroatoms. The lowest BCUT2D eigenvalue weighted by molar-refractivity contribution is -0.139. The lowest BCUT2D eigenvalue weighted by atomic mass is 10.0. The molecule has 1 atom stereocenters. The van der Waals surface area contributed by atoms with Crippen LogP contribution in [0.25, 0.3) is 0 Å². The Kier molecular flexibility index (Phi) is 9.37. The van der Waals surface area contributed by atoms with E-state index in [1.807, 2.05) is 30.3 Å². The van der Waals surface area contributed by atoms with Crippen LogP contribution in [-0.4, -0.2) is 51.0 Å². The molecule has 3 rings (SSSR count). The van der Waals surface area contributed by atoms with Gasteiger partial charge in [-0.25, -0.2) is 8.42 Å². The number of likely N-dealkylation sites (N-methyl/N-ethyl adjacent to an activating group) is 1. The summed E-state index contributed by atoms with van der Waals surface area (Å²) in [6.07, 6.45) is 1.27. The molecule has 1 unspecified atom stereocenters. The van der Waals surface area contributed by atoms with Gasteiger partial charge in [0, 0.05) is 20.0 Å². The van der Waals surface area contributed by atoms with Crippen molar-refractivity contribution in [2.75, 3.05) is 24.2 Å². The van der Waals surface area contributed by atoms with Gasteiger partial charge in [-0.15, -0.1) is 0 Å². The van der Waals surface area contributed by atoms with Gasteiger partial charge in [-0.1, -0.05) is 77.8 Å². The molecule has 0 spiro atoms. The van der Waals surface area contributed by atoms with Crippen LogP contribution in [0.2, 0.25) is 10.0 Å². The summed E-state index contributed by atoms with van der Waals surface area (Å²) in [4.78, 5) is 28.2. The summed E-state index contributed by atoms with van der Waals surface area (Å²) < 4.78 is 26.3. The van der Waals surface area contributed by atoms with Gasteiger partial charge in [0.2, 0.25) is 21.8 Å². The molecule has 0 fully saturated rings. The van der Waals surface area contributed by atoms with Gasteiger partial charge in [0.15, 0.2) is 0 Å². The molecule has 190 valence electrons. The fraction of sp³-hybridized carbons (Fsp3) is 0.231. The normalized spacial score (nSPS) is 12.0. The van der Waals surface area contributed by atoms with E-state index in [4.69, 9.17) is 23.2 Å². The van der Waals surface area contributed by atoms with E-state index in [-0.39, 0.29) is 18.9 Å². The van der Waals surface area contributed by atoms with Crippen LogP contribution in [0.15, 0.2) is 78.9 Å². The van der Waals surface area contributed by atoms with Crippen LogP contribution in [0.1, 0.15) is 11.1 Å². The summed E-state index contributed by atoms with van der Waals surface area (Å²) in [7, 11) is -2.30. The van der Waals surface area contributed by atoms with Gasteiger partial charge in [-0.3, -0.25) is 13.9 Å². The van der Waals surface area contributed by atoms with E-state index in [0.717, 1.165) is 16.1 Å². The summed E-state index contributed by atoms with van der Waals surface area (Å²) >= 11 is 12.3. The molecule has 1 N–H and O–H groups in total. The summed E-state index contributed by atoms with van der Waals surface area (Å²) in [5, 5.41) is 3.30. The van der Waals surface area contributed by atoms with Crippen LogP contribution < -0.4 is 9.62 Å². The van der Waals surface area contributed by atoms with Crippen LogP contribution in [-0.2, 0) is 32.6 Å². The highest BCUT2D eigenvalue weighted by Crippen LogP contribution is 2.25. The zero-order valence-electron chi connectivity index (χ0n) is 19.9. The molecule has 0 aliphatic carbocycles. The van der Waals surface area contributed by atoms with E-state index in [2.05, 4.69) is 5.32 Å². The molecular weight excluding hydrogens is 521 g/mol. The maximum Gasteiger partial charge on any atom is 0.244 e. The van der Waals surface area contributed by atoms with Crippen LogP contribution in [0.4, 0.5) is 5.69 Å². The summed E-state index contributed by atoms with van der Waals surface area (Å²) in [5.41, 5.74) is 1.84. The lowest BCUT2D eigenvalue weighted by Gasteiger charge is -2.33. The van der Waals surface area contributed by atoms with E-state index in [1.54, 1.807) is 48.5 Å². The maximum atomic E-state index is 13.8. The Morgan fingerprint density at radius 2 is 1.50 bits per heavy atom. The number of rotatable bonds is 10. The minimum absolute atomic E-state index is 0.0209. The van der Waals surface area contributed by atoms with Crippen molar-refractivity contribution in [1.29, 1.82) is 0 Å². The van der Waals surface area contributed by atoms with Gasteiger partial charge < -0.3 is 10.2 Å². The standard InChI is InChI=1S/C26H27Cl2N3O4S/c1-29-26(33)24(16-19-9-5-3-6-10-19)30(17-20-13-14-22(27)23(28)15-20)25(32)18-31(36(2,34)35)21-11-7-4-8-12-21/h3-15,24H,16-18H2,1-2H3,(H,29,33). The second-order valence-corrected chi connectivity index (χ2v) is 10.9. The fourth-order valence-corrected chi connectivity index (χ4v) is 4.93. The highest BCUT2D eigenvalue weighted by Gasteiger charge is 2.32. The molecule has 0 saturated carbocycles. The first kappa shape index (κ1) is 27.5. The summed E-state index contributed by atoms with van der Waals surface area (Å²) in [5.74, 6) is -0.919. The predicted octanol–water partition coefficient (Wildman–Crippen LogP) is 4.15. The van der Waals surface area contributed by atoms with Gasteiger partial charge in [-0.2, -0.15) is 0 Å². The Labute approximate surface area is 221 Å². The molecular formula is C26H27Cl2N3O4S. The number of hydrogen-bond acceptors (Lipinski definition) is 4. The molecule has 0 aliphatic heterocycles. The van der Waals surface area contributed by atoms with E-state index in [9.17, 15) is 18.0 Å². The topological polar surface area (TPSA) is 86.8 Å². The number of hydrogen-bond donors (Lipinski definition) is 1. The number of carbonyl (C=O) groups excluding carboxylic acids is 2. The zero-order chi connectivity index (χ0) is 26.3. The molecule has 3 aromatic carbocycles. The SMILES string of the molecule is CNC(=O)C(Cc1ccccc1)N(Cc1ccc(Cl)c(Cl)c1)C(=O)CN(c1ccccc1)S(C)(=O)=O. The Morgan fingerprint density at radius 3 is 2.06 bits per heavy atom. The number of nitrogens with zero attached hydrogens (tertiary/aromatic N) is 2. The van der Waals surface area contributed by atoms with Crippen LogP contribution >= 0.6 is 23.2 Å². The molecule has 3 aromatic rings. The highest BCUT2D eigenvalue weighted by atomic mass is 35.5. The maximum absolute atomic E-state index is 13.8. The molecule has 7 nitrogen and oxygen atoms in total. The summed E-state index contributed by atoms with van der Waals surface area (Å²) in [6, 6.07) is 21.7. The number of para-hydroxylation sites is 1. The number of amides is 2. The van der Waals surface area contributed by atoms with Crippen molar-refractivity contribution in [2.24, 2.45) is 0 Å². The predicted molar refractivity (Wildman–Crippen MR) is 144 cm³/mol. The monoisotopic (exact) mass is 547 g/mol. The second-order valence-electron chi connectivity index (χ2n) is 8.20. The van der Waals surface area contributed by atoms with E-state index >= 15 is 0 Å². The first-order valence-electron chi connectivity index (χ1n) is 11.1. The largest absolute Gasteiger partial charge is 0.357 e. The molecule has 0 heterocycles. The zero-order valence-corrected chi connectivity index (χ0v) is 22.2. The Morgan fingerprint density at radius 1 is 0.889 bits per heavy atom. The number of anilines is 1. The number of nitrogens with one attached hydrogen (secondary N) is 1. The van der Waals surface area contributed by atoms with Crippen molar-refractivity contribution >= 4 is 50.7 Å². The van der Waals surface area contributed by atoms with Gasteiger partial charge in [0.25, 0.3) is 0 Å². The van der Waals surface area contributed by atoms with Crippen LogP contribution in [0, 0.1) is 0 Å². The second kappa shape index (κ2) is 12.3. The smallest absolute Gasteiger partial charge is 0.244 e. The third kappa shape index (κ3) is 7.22. The fourth-order valence-electron chi connectivity index (χ4n) is 3.76.